The van der Waals surface area contributed by atoms with Crippen LogP contribution in [0.5, 0.6) is 5.75 Å². The van der Waals surface area contributed by atoms with Crippen LogP contribution in [0.25, 0.3) is 0 Å². The van der Waals surface area contributed by atoms with E-state index in [1.807, 2.05) is 19.9 Å². The molecule has 1 aromatic heterocycles. The van der Waals surface area contributed by atoms with Gasteiger partial charge < -0.3 is 20.3 Å². The van der Waals surface area contributed by atoms with Gasteiger partial charge in [0, 0.05) is 36.8 Å². The number of alkyl halides is 2. The molecule has 1 aromatic carbocycles. The third-order valence-corrected chi connectivity index (χ3v) is 7.83. The van der Waals surface area contributed by atoms with Crippen molar-refractivity contribution in [2.24, 2.45) is 5.92 Å². The summed E-state index contributed by atoms with van der Waals surface area (Å²) >= 11 is 12.3. The van der Waals surface area contributed by atoms with E-state index < -0.39 is 10.4 Å². The van der Waals surface area contributed by atoms with E-state index in [0.29, 0.717) is 36.4 Å². The number of nitrogens with two attached hydrogens (primary N) is 1. The number of benzene rings is 1. The Morgan fingerprint density at radius 2 is 2.05 bits per heavy atom. The van der Waals surface area contributed by atoms with Gasteiger partial charge in [0.05, 0.1) is 17.8 Å². The van der Waals surface area contributed by atoms with Crippen molar-refractivity contribution >= 4 is 52.2 Å². The van der Waals surface area contributed by atoms with Crippen molar-refractivity contribution in [3.05, 3.63) is 41.2 Å². The van der Waals surface area contributed by atoms with Crippen molar-refractivity contribution in [2.45, 2.75) is 63.1 Å². The Hall–Kier alpha value is -3.11. The number of hydrogen-bond donors (Lipinski definition) is 4. The van der Waals surface area contributed by atoms with Crippen LogP contribution in [-0.2, 0) is 21.0 Å². The van der Waals surface area contributed by atoms with Crippen molar-refractivity contribution in [1.29, 1.82) is 0 Å². The molecule has 0 unspecified atom stereocenters. The molecule has 1 saturated heterocycles. The number of ether oxygens (including phenoxy) is 1. The van der Waals surface area contributed by atoms with E-state index in [1.165, 1.54) is 6.92 Å². The highest BCUT2D eigenvalue weighted by Gasteiger charge is 2.55. The number of carbonyl (C=O) groups excluding carboxylic acids is 3. The first-order chi connectivity index (χ1) is 18.0. The maximum Gasteiger partial charge on any atom is 0.249 e. The molecule has 0 spiro atoms. The fourth-order valence-corrected chi connectivity index (χ4v) is 5.40. The van der Waals surface area contributed by atoms with Crippen molar-refractivity contribution in [1.82, 2.24) is 20.4 Å². The number of aryl methyl sites for hydroxylation is 1. The molecular weight excluding hydrogens is 531 g/mol. The molecule has 2 heterocycles. The molecule has 0 radical (unpaired) electrons. The zero-order chi connectivity index (χ0) is 27.6. The Morgan fingerprint density at radius 1 is 1.32 bits per heavy atom. The first-order valence-corrected chi connectivity index (χ1v) is 13.3. The smallest absolute Gasteiger partial charge is 0.249 e. The Morgan fingerprint density at radius 3 is 2.68 bits per heavy atom. The van der Waals surface area contributed by atoms with E-state index in [4.69, 9.17) is 33.3 Å². The molecule has 1 saturated carbocycles. The number of aromatic nitrogens is 2. The van der Waals surface area contributed by atoms with E-state index in [0.717, 1.165) is 17.8 Å². The number of nitrogens with one attached hydrogen (secondary N) is 3. The van der Waals surface area contributed by atoms with Gasteiger partial charge in [-0.25, -0.2) is 0 Å². The van der Waals surface area contributed by atoms with Crippen LogP contribution in [0.4, 0.5) is 5.69 Å². The summed E-state index contributed by atoms with van der Waals surface area (Å²) in [6.45, 7) is 5.80. The maximum atomic E-state index is 13.1. The minimum absolute atomic E-state index is 0.00115. The second-order valence-electron chi connectivity index (χ2n) is 9.98. The fraction of sp³-hybridized carbons (Fsp3) is 0.500. The summed E-state index contributed by atoms with van der Waals surface area (Å²) in [5, 5.41) is 19.1. The summed E-state index contributed by atoms with van der Waals surface area (Å²) in [6.07, 6.45) is 1.94. The van der Waals surface area contributed by atoms with Gasteiger partial charge in [0.2, 0.25) is 23.3 Å². The summed E-state index contributed by atoms with van der Waals surface area (Å²) in [4.78, 5) is 39.7. The molecule has 3 atom stereocenters. The van der Waals surface area contributed by atoms with Crippen molar-refractivity contribution in [2.75, 3.05) is 18.4 Å². The molecule has 1 aliphatic carbocycles. The van der Waals surface area contributed by atoms with Crippen molar-refractivity contribution in [3.8, 4) is 5.75 Å². The molecule has 38 heavy (non-hydrogen) atoms. The third-order valence-electron chi connectivity index (χ3n) is 6.96. The molecule has 2 aromatic rings. The molecule has 2 aliphatic rings. The second kappa shape index (κ2) is 11.3. The predicted molar refractivity (Wildman–Crippen MR) is 144 cm³/mol. The highest BCUT2D eigenvalue weighted by molar-refractivity contribution is 6.51. The van der Waals surface area contributed by atoms with E-state index >= 15 is 0 Å². The Bertz CT molecular complexity index is 1250. The molecule has 2 fully saturated rings. The molecule has 204 valence electrons. The average molecular weight is 564 g/mol. The molecule has 12 heteroatoms. The van der Waals surface area contributed by atoms with E-state index in [9.17, 15) is 14.4 Å². The number of H-pyrrole nitrogens is 1. The average Bonchev–Trinajstić information content (AvgIpc) is 3.22. The molecule has 5 N–H and O–H groups in total. The SMILES string of the molecule is CC(=O)C(=[NH2+])c1cc(OCc2cc(C)[nH]n2)ccc1NCC(=O)N1CCC[C@H]1C(=O)N[C@H](C)[C@H]1CC1(Cl)Cl. The molecule has 10 nitrogen and oxygen atoms in total. The highest BCUT2D eigenvalue weighted by atomic mass is 35.5. The monoisotopic (exact) mass is 563 g/mol. The number of ketones is 1. The highest BCUT2D eigenvalue weighted by Crippen LogP contribution is 2.54. The van der Waals surface area contributed by atoms with Gasteiger partial charge in [-0.1, -0.05) is 0 Å². The Kier molecular flexibility index (Phi) is 8.32. The van der Waals surface area contributed by atoms with Crippen LogP contribution >= 0.6 is 23.2 Å². The number of hydrogen-bond acceptors (Lipinski definition) is 6. The van der Waals surface area contributed by atoms with E-state index in [-0.39, 0.29) is 48.4 Å². The standard InChI is InChI=1S/C26H32Cl2N6O4/c1-14-9-17(33-32-14)13-38-18-6-7-21(19(10-18)24(29)16(3)35)30-12-23(36)34-8-4-5-22(34)25(37)31-15(2)20-11-26(20,27)28/h6-7,9-10,15,20,22,29-30H,4-5,8,11-13H2,1-3H3,(H,31,37)(H,32,33)/p+1/t15-,20-,22+/m1/s1. The molecular formula is C26H33Cl2N6O4+. The van der Waals surface area contributed by atoms with Crippen LogP contribution in [0, 0.1) is 12.8 Å². The van der Waals surface area contributed by atoms with Crippen molar-refractivity contribution < 1.29 is 24.5 Å². The van der Waals surface area contributed by atoms with Gasteiger partial charge in [0.25, 0.3) is 0 Å². The maximum absolute atomic E-state index is 13.1. The van der Waals surface area contributed by atoms with Crippen LogP contribution in [0.3, 0.4) is 0 Å². The largest absolute Gasteiger partial charge is 0.487 e. The molecule has 1 aliphatic heterocycles. The summed E-state index contributed by atoms with van der Waals surface area (Å²) in [6, 6.07) is 6.23. The van der Waals surface area contributed by atoms with Crippen LogP contribution in [-0.4, -0.2) is 67.9 Å². The molecule has 4 rings (SSSR count). The summed E-state index contributed by atoms with van der Waals surface area (Å²) < 4.78 is 5.02. The Balaban J connectivity index is 1.39. The van der Waals surface area contributed by atoms with Gasteiger partial charge in [-0.05, 0) is 57.4 Å². The predicted octanol–water partition coefficient (Wildman–Crippen LogP) is 1.54. The number of Topliss-reactive ketones (excluding diaryl/α,β-unsaturated/α-hetero) is 1. The lowest BCUT2D eigenvalue weighted by molar-refractivity contribution is -0.137. The van der Waals surface area contributed by atoms with Crippen LogP contribution in [0.2, 0.25) is 0 Å². The van der Waals surface area contributed by atoms with Gasteiger partial charge >= 0.3 is 0 Å². The minimum atomic E-state index is -0.795. The van der Waals surface area contributed by atoms with E-state index in [1.54, 1.807) is 23.1 Å². The number of nitrogens with zero attached hydrogens (tertiary/aromatic N) is 2. The normalized spacial score (nSPS) is 20.5. The van der Waals surface area contributed by atoms with E-state index in [2.05, 4.69) is 20.8 Å². The Labute approximate surface area is 231 Å². The topological polar surface area (TPSA) is 142 Å². The minimum Gasteiger partial charge on any atom is -0.487 e. The third kappa shape index (κ3) is 6.47. The lowest BCUT2D eigenvalue weighted by Crippen LogP contribution is -2.50. The van der Waals surface area contributed by atoms with Gasteiger partial charge in [0.1, 0.15) is 22.7 Å². The zero-order valence-corrected chi connectivity index (χ0v) is 23.2. The summed E-state index contributed by atoms with van der Waals surface area (Å²) in [5.74, 6) is -0.243. The number of halogens is 2. The zero-order valence-electron chi connectivity index (χ0n) is 21.6. The number of amides is 2. The number of carbonyl (C=O) groups is 3. The lowest BCUT2D eigenvalue weighted by Gasteiger charge is -2.26. The lowest BCUT2D eigenvalue weighted by atomic mass is 10.0. The number of likely N-dealkylation sites (tertiary alicyclic amines) is 1. The van der Waals surface area contributed by atoms with Gasteiger partial charge in [0.15, 0.2) is 0 Å². The van der Waals surface area contributed by atoms with Gasteiger partial charge in [-0.15, -0.1) is 23.2 Å². The first-order valence-electron chi connectivity index (χ1n) is 12.6. The quantitative estimate of drug-likeness (QED) is 0.241. The summed E-state index contributed by atoms with van der Waals surface area (Å²) in [5.41, 5.74) is 2.65. The van der Waals surface area contributed by atoms with Gasteiger partial charge in [-0.2, -0.15) is 5.10 Å². The second-order valence-corrected chi connectivity index (χ2v) is 11.5. The van der Waals surface area contributed by atoms with Crippen LogP contribution in [0.15, 0.2) is 24.3 Å². The summed E-state index contributed by atoms with van der Waals surface area (Å²) in [7, 11) is 0. The van der Waals surface area contributed by atoms with Crippen molar-refractivity contribution in [3.63, 3.8) is 0 Å². The number of aromatic amines is 1. The van der Waals surface area contributed by atoms with Crippen LogP contribution in [0.1, 0.15) is 50.1 Å². The first kappa shape index (κ1) is 27.9. The van der Waals surface area contributed by atoms with Gasteiger partial charge in [-0.3, -0.25) is 24.9 Å². The number of rotatable bonds is 11. The molecule has 2 amide bonds. The van der Waals surface area contributed by atoms with Crippen LogP contribution < -0.4 is 20.8 Å². The number of anilines is 1. The fourth-order valence-electron chi connectivity index (χ4n) is 4.69. The molecule has 0 bridgehead atoms.